The molecule has 0 spiro atoms. The molecule has 1 aromatic heterocycles. The van der Waals surface area contributed by atoms with Crippen LogP contribution in [0.15, 0.2) is 152 Å². The Morgan fingerprint density at radius 3 is 1.62 bits per heavy atom. The fourth-order valence-electron chi connectivity index (χ4n) is 5.89. The highest BCUT2D eigenvalue weighted by atomic mass is 14.9. The van der Waals surface area contributed by atoms with Gasteiger partial charge in [-0.25, -0.2) is 4.98 Å². The van der Waals surface area contributed by atoms with Crippen molar-refractivity contribution in [3.63, 3.8) is 0 Å². The van der Waals surface area contributed by atoms with Gasteiger partial charge in [-0.1, -0.05) is 127 Å². The van der Waals surface area contributed by atoms with Crippen LogP contribution >= 0.6 is 0 Å². The molecule has 0 aliphatic heterocycles. The van der Waals surface area contributed by atoms with E-state index in [0.29, 0.717) is 5.56 Å². The topological polar surface area (TPSA) is 52.5 Å². The zero-order valence-corrected chi connectivity index (χ0v) is 21.4. The normalized spacial score (nSPS) is 12.0. The highest BCUT2D eigenvalue weighted by Crippen LogP contribution is 2.52. The van der Waals surface area contributed by atoms with Crippen LogP contribution in [0.4, 0.5) is 0 Å². The fraction of sp³-hybridized carbons (Fsp3) is 0.0556. The number of benzene rings is 5. The maximum absolute atomic E-state index is 10.0. The van der Waals surface area contributed by atoms with Crippen LogP contribution in [0.1, 0.15) is 39.4 Å². The van der Waals surface area contributed by atoms with E-state index in [1.807, 2.05) is 30.5 Å². The van der Waals surface area contributed by atoms with Gasteiger partial charge in [0.25, 0.3) is 0 Å². The van der Waals surface area contributed by atoms with Crippen molar-refractivity contribution in [3.8, 4) is 17.2 Å². The summed E-state index contributed by atoms with van der Waals surface area (Å²) in [6, 6.07) is 50.9. The minimum atomic E-state index is -0.599. The van der Waals surface area contributed by atoms with E-state index in [2.05, 4.69) is 131 Å². The quantitative estimate of drug-likeness (QED) is 0.225. The van der Waals surface area contributed by atoms with Gasteiger partial charge in [0.1, 0.15) is 0 Å². The van der Waals surface area contributed by atoms with E-state index in [-0.39, 0.29) is 5.92 Å². The smallest absolute Gasteiger partial charge is 0.0998 e. The average molecular weight is 502 g/mol. The molecule has 0 aliphatic rings. The second kappa shape index (κ2) is 10.7. The highest BCUT2D eigenvalue weighted by molar-refractivity contribution is 5.72. The molecule has 3 nitrogen and oxygen atoms in total. The number of nitrogens with zero attached hydrogens (tertiary/aromatic N) is 2. The highest BCUT2D eigenvalue weighted by Gasteiger charge is 2.46. The summed E-state index contributed by atoms with van der Waals surface area (Å²) in [6.07, 6.45) is 3.67. The van der Waals surface area contributed by atoms with Crippen molar-refractivity contribution in [2.45, 2.75) is 11.3 Å². The van der Waals surface area contributed by atoms with Gasteiger partial charge in [-0.3, -0.25) is 0 Å². The van der Waals surface area contributed by atoms with Crippen molar-refractivity contribution in [3.05, 3.63) is 186 Å². The minimum absolute atomic E-state index is 0.178. The summed E-state index contributed by atoms with van der Waals surface area (Å²) in [5, 5.41) is 10.0. The molecule has 1 unspecified atom stereocenters. The van der Waals surface area contributed by atoms with Crippen LogP contribution in [0.3, 0.4) is 0 Å². The van der Waals surface area contributed by atoms with Gasteiger partial charge >= 0.3 is 0 Å². The number of nitrogens with one attached hydrogen (secondary N) is 1. The van der Waals surface area contributed by atoms with Crippen molar-refractivity contribution < 1.29 is 0 Å². The van der Waals surface area contributed by atoms with Gasteiger partial charge < -0.3 is 4.98 Å². The first-order chi connectivity index (χ1) is 19.3. The standard InChI is InChI=1S/C36H27N3/c37-24-29-22-21-28(23-33(29)27-13-5-1-6-14-27)35(34-25-38-26-39-34)36(30-15-7-2-8-16-30,31-17-9-3-10-18-31)32-19-11-4-12-20-32/h1-23,25-26,35H,(H,38,39). The number of hydrogen-bond donors (Lipinski definition) is 1. The molecule has 0 amide bonds. The summed E-state index contributed by atoms with van der Waals surface area (Å²) < 4.78 is 0. The number of aromatic amines is 1. The van der Waals surface area contributed by atoms with Crippen molar-refractivity contribution in [2.24, 2.45) is 0 Å². The second-order valence-electron chi connectivity index (χ2n) is 9.63. The Morgan fingerprint density at radius 2 is 1.15 bits per heavy atom. The lowest BCUT2D eigenvalue weighted by atomic mass is 9.59. The number of imidazole rings is 1. The maximum Gasteiger partial charge on any atom is 0.0998 e. The third-order valence-corrected chi connectivity index (χ3v) is 7.53. The van der Waals surface area contributed by atoms with E-state index in [1.165, 1.54) is 16.7 Å². The number of rotatable bonds is 7. The molecular weight excluding hydrogens is 474 g/mol. The molecule has 0 aliphatic carbocycles. The Morgan fingerprint density at radius 1 is 0.641 bits per heavy atom. The second-order valence-corrected chi connectivity index (χ2v) is 9.63. The lowest BCUT2D eigenvalue weighted by Gasteiger charge is -2.43. The molecule has 0 bridgehead atoms. The number of nitriles is 1. The first kappa shape index (κ1) is 24.2. The van der Waals surface area contributed by atoms with E-state index in [4.69, 9.17) is 0 Å². The van der Waals surface area contributed by atoms with Crippen LogP contribution in [-0.2, 0) is 5.41 Å². The van der Waals surface area contributed by atoms with Crippen molar-refractivity contribution in [1.29, 1.82) is 5.26 Å². The molecule has 5 aromatic carbocycles. The monoisotopic (exact) mass is 501 g/mol. The number of H-pyrrole nitrogens is 1. The molecule has 6 rings (SSSR count). The minimum Gasteiger partial charge on any atom is -0.348 e. The summed E-state index contributed by atoms with van der Waals surface area (Å²) in [6.45, 7) is 0. The summed E-state index contributed by atoms with van der Waals surface area (Å²) in [5.74, 6) is -0.178. The Balaban J connectivity index is 1.73. The molecular formula is C36H27N3. The van der Waals surface area contributed by atoms with Crippen molar-refractivity contribution >= 4 is 0 Å². The first-order valence-electron chi connectivity index (χ1n) is 13.1. The zero-order valence-electron chi connectivity index (χ0n) is 21.4. The van der Waals surface area contributed by atoms with Crippen LogP contribution in [0, 0.1) is 11.3 Å². The van der Waals surface area contributed by atoms with Crippen LogP contribution < -0.4 is 0 Å². The van der Waals surface area contributed by atoms with Gasteiger partial charge in [-0.2, -0.15) is 5.26 Å². The molecule has 39 heavy (non-hydrogen) atoms. The Kier molecular flexibility index (Phi) is 6.60. The molecule has 1 heterocycles. The summed E-state index contributed by atoms with van der Waals surface area (Å²) in [5.41, 5.74) is 7.60. The van der Waals surface area contributed by atoms with Crippen molar-refractivity contribution in [1.82, 2.24) is 9.97 Å². The third-order valence-electron chi connectivity index (χ3n) is 7.53. The van der Waals surface area contributed by atoms with E-state index in [9.17, 15) is 5.26 Å². The zero-order chi connectivity index (χ0) is 26.5. The molecule has 1 N–H and O–H groups in total. The molecule has 0 fully saturated rings. The maximum atomic E-state index is 10.0. The van der Waals surface area contributed by atoms with Crippen molar-refractivity contribution in [2.75, 3.05) is 0 Å². The van der Waals surface area contributed by atoms with Gasteiger partial charge in [-0.05, 0) is 45.5 Å². The van der Waals surface area contributed by atoms with E-state index in [0.717, 1.165) is 22.4 Å². The van der Waals surface area contributed by atoms with Gasteiger partial charge in [0.05, 0.1) is 23.4 Å². The SMILES string of the molecule is N#Cc1ccc(C(c2cnc[nH]2)C(c2ccccc2)(c2ccccc2)c2ccccc2)cc1-c1ccccc1. The Bertz CT molecular complexity index is 1590. The van der Waals surface area contributed by atoms with Crippen LogP contribution in [0.5, 0.6) is 0 Å². The Hall–Kier alpha value is -5.20. The van der Waals surface area contributed by atoms with Crippen LogP contribution in [0.2, 0.25) is 0 Å². The molecule has 186 valence electrons. The first-order valence-corrected chi connectivity index (χ1v) is 13.1. The summed E-state index contributed by atoms with van der Waals surface area (Å²) >= 11 is 0. The number of aromatic nitrogens is 2. The van der Waals surface area contributed by atoms with E-state index in [1.54, 1.807) is 6.33 Å². The third kappa shape index (κ3) is 4.33. The van der Waals surface area contributed by atoms with Crippen LogP contribution in [0.25, 0.3) is 11.1 Å². The molecule has 6 aromatic rings. The van der Waals surface area contributed by atoms with Crippen LogP contribution in [-0.4, -0.2) is 9.97 Å². The van der Waals surface area contributed by atoms with Gasteiger partial charge in [0.2, 0.25) is 0 Å². The lowest BCUT2D eigenvalue weighted by molar-refractivity contribution is 0.529. The lowest BCUT2D eigenvalue weighted by Crippen LogP contribution is -2.37. The molecule has 3 heteroatoms. The summed E-state index contributed by atoms with van der Waals surface area (Å²) in [7, 11) is 0. The molecule has 0 saturated heterocycles. The van der Waals surface area contributed by atoms with Gasteiger partial charge in [0.15, 0.2) is 0 Å². The molecule has 0 saturated carbocycles. The van der Waals surface area contributed by atoms with E-state index < -0.39 is 5.41 Å². The van der Waals surface area contributed by atoms with E-state index >= 15 is 0 Å². The molecule has 1 atom stereocenters. The molecule has 0 radical (unpaired) electrons. The average Bonchev–Trinajstić information content (AvgIpc) is 3.56. The summed E-state index contributed by atoms with van der Waals surface area (Å²) in [4.78, 5) is 7.93. The fourth-order valence-corrected chi connectivity index (χ4v) is 5.89. The van der Waals surface area contributed by atoms with Gasteiger partial charge in [0, 0.05) is 17.8 Å². The van der Waals surface area contributed by atoms with Gasteiger partial charge in [-0.15, -0.1) is 0 Å². The predicted octanol–water partition coefficient (Wildman–Crippen LogP) is 8.11. The Labute approximate surface area is 229 Å². The largest absolute Gasteiger partial charge is 0.348 e. The number of hydrogen-bond acceptors (Lipinski definition) is 2. The predicted molar refractivity (Wildman–Crippen MR) is 156 cm³/mol.